The third kappa shape index (κ3) is 5.54. The van der Waals surface area contributed by atoms with Crippen molar-refractivity contribution in [3.8, 4) is 0 Å². The molecule has 0 aromatic rings. The van der Waals surface area contributed by atoms with E-state index in [4.69, 9.17) is 5.73 Å². The van der Waals surface area contributed by atoms with Crippen molar-refractivity contribution < 1.29 is 22.8 Å². The third-order valence-corrected chi connectivity index (χ3v) is 2.99. The molecule has 3 unspecified atom stereocenters. The number of nitrogens with two attached hydrogens (primary N) is 1. The van der Waals surface area contributed by atoms with Gasteiger partial charge in [0.25, 0.3) is 0 Å². The minimum Gasteiger partial charge on any atom is -0.355 e. The Kier molecular flexibility index (Phi) is 7.29. The largest absolute Gasteiger partial charge is 0.408 e. The van der Waals surface area contributed by atoms with E-state index in [1.165, 1.54) is 0 Å². The molecule has 0 saturated carbocycles. The Morgan fingerprint density at radius 3 is 2.55 bits per heavy atom. The smallest absolute Gasteiger partial charge is 0.355 e. The summed E-state index contributed by atoms with van der Waals surface area (Å²) in [6.07, 6.45) is -4.29. The lowest BCUT2D eigenvalue weighted by Gasteiger charge is -2.29. The summed E-state index contributed by atoms with van der Waals surface area (Å²) in [5, 5.41) is 4.34. The molecule has 9 heteroatoms. The van der Waals surface area contributed by atoms with Crippen LogP contribution in [0.5, 0.6) is 0 Å². The molecule has 0 radical (unpaired) electrons. The quantitative estimate of drug-likeness (QED) is 0.668. The maximum atomic E-state index is 12.4. The minimum atomic E-state index is -4.47. The van der Waals surface area contributed by atoms with Crippen LogP contribution >= 0.6 is 12.4 Å². The van der Waals surface area contributed by atoms with Gasteiger partial charge >= 0.3 is 6.18 Å². The lowest BCUT2D eigenvalue weighted by Crippen LogP contribution is -2.54. The van der Waals surface area contributed by atoms with E-state index < -0.39 is 30.0 Å². The van der Waals surface area contributed by atoms with E-state index in [2.05, 4.69) is 5.32 Å². The van der Waals surface area contributed by atoms with E-state index in [-0.39, 0.29) is 31.3 Å². The Bertz CT molecular complexity index is 350. The van der Waals surface area contributed by atoms with Crippen LogP contribution in [-0.2, 0) is 9.59 Å². The average Bonchev–Trinajstić information content (AvgIpc) is 2.26. The zero-order valence-electron chi connectivity index (χ0n) is 11.0. The summed E-state index contributed by atoms with van der Waals surface area (Å²) in [7, 11) is 0. The van der Waals surface area contributed by atoms with Gasteiger partial charge in [0.05, 0.1) is 0 Å². The number of carbonyl (C=O) groups excluding carboxylic acids is 2. The van der Waals surface area contributed by atoms with Crippen molar-refractivity contribution in [2.45, 2.75) is 44.4 Å². The summed E-state index contributed by atoms with van der Waals surface area (Å²) in [6, 6.07) is -1.94. The van der Waals surface area contributed by atoms with Gasteiger partial charge < -0.3 is 16.4 Å². The first-order valence-corrected chi connectivity index (χ1v) is 6.12. The summed E-state index contributed by atoms with van der Waals surface area (Å²) in [4.78, 5) is 23.1. The number of hydrogen-bond donors (Lipinski definition) is 3. The Hall–Kier alpha value is -1.02. The second kappa shape index (κ2) is 7.68. The number of nitrogens with one attached hydrogen (secondary N) is 2. The Morgan fingerprint density at radius 1 is 1.50 bits per heavy atom. The molecule has 0 aromatic carbocycles. The fourth-order valence-electron chi connectivity index (χ4n) is 1.85. The van der Waals surface area contributed by atoms with Gasteiger partial charge in [-0.3, -0.25) is 9.59 Å². The highest BCUT2D eigenvalue weighted by Crippen LogP contribution is 2.28. The van der Waals surface area contributed by atoms with Crippen LogP contribution in [-0.4, -0.2) is 36.6 Å². The van der Waals surface area contributed by atoms with Gasteiger partial charge in [0.2, 0.25) is 11.8 Å². The zero-order valence-corrected chi connectivity index (χ0v) is 11.8. The predicted molar refractivity (Wildman–Crippen MR) is 69.2 cm³/mol. The van der Waals surface area contributed by atoms with Crippen molar-refractivity contribution >= 4 is 24.2 Å². The van der Waals surface area contributed by atoms with Crippen LogP contribution in [0.3, 0.4) is 0 Å². The number of piperidine rings is 1. The first-order valence-electron chi connectivity index (χ1n) is 6.12. The molecule has 118 valence electrons. The van der Waals surface area contributed by atoms with E-state index in [0.29, 0.717) is 13.0 Å². The molecular weight excluding hydrogens is 299 g/mol. The molecule has 1 aliphatic rings. The van der Waals surface area contributed by atoms with Gasteiger partial charge in [-0.25, -0.2) is 0 Å². The predicted octanol–water partition coefficient (Wildman–Crippen LogP) is 0.719. The summed E-state index contributed by atoms with van der Waals surface area (Å²) >= 11 is 0. The molecule has 1 heterocycles. The maximum absolute atomic E-state index is 12.4. The number of rotatable bonds is 4. The molecule has 1 aliphatic heterocycles. The van der Waals surface area contributed by atoms with Crippen LogP contribution in [0.4, 0.5) is 13.2 Å². The van der Waals surface area contributed by atoms with Gasteiger partial charge in [0, 0.05) is 12.6 Å². The molecule has 2 amide bonds. The molecule has 5 nitrogen and oxygen atoms in total. The van der Waals surface area contributed by atoms with Crippen LogP contribution in [0.25, 0.3) is 0 Å². The fourth-order valence-corrected chi connectivity index (χ4v) is 1.85. The van der Waals surface area contributed by atoms with Crippen LogP contribution in [0.2, 0.25) is 0 Å². The molecule has 1 rings (SSSR count). The highest BCUT2D eigenvalue weighted by Gasteiger charge is 2.45. The van der Waals surface area contributed by atoms with Crippen molar-refractivity contribution in [2.75, 3.05) is 6.54 Å². The van der Waals surface area contributed by atoms with Gasteiger partial charge in [-0.05, 0) is 26.2 Å². The number of halogens is 4. The van der Waals surface area contributed by atoms with E-state index >= 15 is 0 Å². The first kappa shape index (κ1) is 19.0. The summed E-state index contributed by atoms with van der Waals surface area (Å²) < 4.78 is 37.2. The van der Waals surface area contributed by atoms with Crippen LogP contribution in [0.15, 0.2) is 0 Å². The molecule has 0 spiro atoms. The Balaban J connectivity index is 0.00000361. The summed E-state index contributed by atoms with van der Waals surface area (Å²) in [6.45, 7) is 2.08. The minimum absolute atomic E-state index is 0. The van der Waals surface area contributed by atoms with Gasteiger partial charge in [0.1, 0.15) is 12.0 Å². The zero-order chi connectivity index (χ0) is 14.6. The molecule has 1 fully saturated rings. The van der Waals surface area contributed by atoms with Crippen molar-refractivity contribution in [1.29, 1.82) is 0 Å². The monoisotopic (exact) mass is 317 g/mol. The Morgan fingerprint density at radius 2 is 2.10 bits per heavy atom. The lowest BCUT2D eigenvalue weighted by atomic mass is 9.93. The van der Waals surface area contributed by atoms with Crippen LogP contribution < -0.4 is 16.4 Å². The normalized spacial score (nSPS) is 24.4. The highest BCUT2D eigenvalue weighted by molar-refractivity contribution is 6.00. The molecule has 0 aliphatic carbocycles. The van der Waals surface area contributed by atoms with E-state index in [9.17, 15) is 22.8 Å². The molecule has 0 aromatic heterocycles. The molecule has 20 heavy (non-hydrogen) atoms. The maximum Gasteiger partial charge on any atom is 0.408 e. The van der Waals surface area contributed by atoms with Crippen molar-refractivity contribution in [2.24, 2.45) is 11.7 Å². The van der Waals surface area contributed by atoms with Crippen molar-refractivity contribution in [3.63, 3.8) is 0 Å². The van der Waals surface area contributed by atoms with Crippen LogP contribution in [0.1, 0.15) is 26.2 Å². The third-order valence-electron chi connectivity index (χ3n) is 2.99. The second-order valence-corrected chi connectivity index (χ2v) is 4.79. The number of hydrogen-bond acceptors (Lipinski definition) is 3. The second-order valence-electron chi connectivity index (χ2n) is 4.79. The lowest BCUT2D eigenvalue weighted by molar-refractivity contribution is -0.171. The SMILES string of the molecule is CC(N)CCNC(=O)C1CCC(C(F)(F)F)NC1=O.Cl. The molecule has 4 N–H and O–H groups in total. The molecule has 1 saturated heterocycles. The van der Waals surface area contributed by atoms with E-state index in [1.54, 1.807) is 6.92 Å². The van der Waals surface area contributed by atoms with Crippen molar-refractivity contribution in [1.82, 2.24) is 10.6 Å². The van der Waals surface area contributed by atoms with Gasteiger partial charge in [0.15, 0.2) is 0 Å². The topological polar surface area (TPSA) is 84.2 Å². The summed E-state index contributed by atoms with van der Waals surface area (Å²) in [5.74, 6) is -2.46. The van der Waals surface area contributed by atoms with Gasteiger partial charge in [-0.15, -0.1) is 12.4 Å². The molecule has 0 bridgehead atoms. The van der Waals surface area contributed by atoms with Crippen LogP contribution in [0, 0.1) is 5.92 Å². The number of amides is 2. The first-order chi connectivity index (χ1) is 8.71. The number of alkyl halides is 3. The molecular formula is C11H19ClF3N3O2. The summed E-state index contributed by atoms with van der Waals surface area (Å²) in [5.41, 5.74) is 5.49. The standard InChI is InChI=1S/C11H18F3N3O2.ClH/c1-6(15)4-5-16-9(18)7-2-3-8(11(12,13)14)17-10(7)19;/h6-8H,2-5,15H2,1H3,(H,16,18)(H,17,19);1H. The number of carbonyl (C=O) groups is 2. The van der Waals surface area contributed by atoms with Gasteiger partial charge in [-0.2, -0.15) is 13.2 Å². The Labute approximate surface area is 121 Å². The highest BCUT2D eigenvalue weighted by atomic mass is 35.5. The molecule has 3 atom stereocenters. The van der Waals surface area contributed by atoms with Crippen molar-refractivity contribution in [3.05, 3.63) is 0 Å². The average molecular weight is 318 g/mol. The van der Waals surface area contributed by atoms with Gasteiger partial charge in [-0.1, -0.05) is 0 Å². The van der Waals surface area contributed by atoms with E-state index in [0.717, 1.165) is 0 Å². The van der Waals surface area contributed by atoms with E-state index in [1.807, 2.05) is 5.32 Å². The fraction of sp³-hybridized carbons (Fsp3) is 0.818.